The normalized spacial score (nSPS) is 9.64. The highest BCUT2D eigenvalue weighted by Crippen LogP contribution is 2.16. The van der Waals surface area contributed by atoms with E-state index in [2.05, 4.69) is 4.74 Å². The third-order valence-electron chi connectivity index (χ3n) is 1.66. The summed E-state index contributed by atoms with van der Waals surface area (Å²) >= 11 is 0. The fourth-order valence-corrected chi connectivity index (χ4v) is 1.24. The second-order valence-electron chi connectivity index (χ2n) is 3.11. The monoisotopic (exact) mass is 194 g/mol. The van der Waals surface area contributed by atoms with E-state index in [1.54, 1.807) is 19.1 Å². The molecule has 1 aromatic carbocycles. The number of carbonyl (C=O) groups excluding carboxylic acids is 1. The lowest BCUT2D eigenvalue weighted by atomic mass is 10.1. The van der Waals surface area contributed by atoms with E-state index in [-0.39, 0.29) is 0 Å². The van der Waals surface area contributed by atoms with Gasteiger partial charge in [-0.25, -0.2) is 4.79 Å². The molecule has 0 atom stereocenters. The molecule has 0 bridgehead atoms. The quantitative estimate of drug-likeness (QED) is 0.536. The lowest BCUT2D eigenvalue weighted by Gasteiger charge is -2.05. The minimum atomic E-state index is -0.655. The fraction of sp³-hybridized carbons (Fsp3) is 0.364. The molecule has 0 fully saturated rings. The van der Waals surface area contributed by atoms with Crippen LogP contribution in [0.4, 0.5) is 4.79 Å². The summed E-state index contributed by atoms with van der Waals surface area (Å²) in [4.78, 5) is 11.0. The number of benzene rings is 1. The summed E-state index contributed by atoms with van der Waals surface area (Å²) in [5, 5.41) is 0. The van der Waals surface area contributed by atoms with Gasteiger partial charge in [0, 0.05) is 0 Å². The highest BCUT2D eigenvalue weighted by Gasteiger charge is 2.05. The van der Waals surface area contributed by atoms with Crippen LogP contribution in [0.2, 0.25) is 0 Å². The van der Waals surface area contributed by atoms with Crippen molar-refractivity contribution in [2.75, 3.05) is 6.61 Å². The van der Waals surface area contributed by atoms with E-state index in [4.69, 9.17) is 4.74 Å². The molecule has 0 heterocycles. The van der Waals surface area contributed by atoms with Crippen molar-refractivity contribution in [1.82, 2.24) is 0 Å². The molecule has 0 unspecified atom stereocenters. The molecule has 0 aromatic heterocycles. The lowest BCUT2D eigenvalue weighted by molar-refractivity contribution is 0.104. The highest BCUT2D eigenvalue weighted by molar-refractivity contribution is 5.63. The van der Waals surface area contributed by atoms with Gasteiger partial charge < -0.3 is 9.47 Å². The Labute approximate surface area is 83.6 Å². The van der Waals surface area contributed by atoms with Gasteiger partial charge in [0.1, 0.15) is 5.75 Å². The van der Waals surface area contributed by atoms with Gasteiger partial charge >= 0.3 is 6.16 Å². The summed E-state index contributed by atoms with van der Waals surface area (Å²) < 4.78 is 9.62. The number of hydrogen-bond donors (Lipinski definition) is 0. The highest BCUT2D eigenvalue weighted by atomic mass is 16.7. The average Bonchev–Trinajstić information content (AvgIpc) is 2.01. The second kappa shape index (κ2) is 4.65. The summed E-state index contributed by atoms with van der Waals surface area (Å²) in [5.41, 5.74) is 2.12. The smallest absolute Gasteiger partial charge is 0.434 e. The molecule has 0 amide bonds. The molecule has 14 heavy (non-hydrogen) atoms. The maximum atomic E-state index is 11.0. The SMILES string of the molecule is CCOC(=O)Oc1cc(C)cc(C)c1. The van der Waals surface area contributed by atoms with Crippen LogP contribution in [0.1, 0.15) is 18.1 Å². The van der Waals surface area contributed by atoms with Crippen LogP contribution in [0.25, 0.3) is 0 Å². The van der Waals surface area contributed by atoms with Gasteiger partial charge in [-0.2, -0.15) is 0 Å². The minimum absolute atomic E-state index is 0.323. The van der Waals surface area contributed by atoms with Gasteiger partial charge in [0.2, 0.25) is 0 Å². The molecule has 0 saturated heterocycles. The summed E-state index contributed by atoms with van der Waals surface area (Å²) in [5.74, 6) is 0.529. The van der Waals surface area contributed by atoms with E-state index in [0.717, 1.165) is 11.1 Å². The van der Waals surface area contributed by atoms with E-state index in [9.17, 15) is 4.79 Å². The predicted molar refractivity (Wildman–Crippen MR) is 53.6 cm³/mol. The van der Waals surface area contributed by atoms with Crippen molar-refractivity contribution in [3.05, 3.63) is 29.3 Å². The van der Waals surface area contributed by atoms with Gasteiger partial charge in [0.15, 0.2) is 0 Å². The Bertz CT molecular complexity index is 311. The van der Waals surface area contributed by atoms with E-state index in [0.29, 0.717) is 12.4 Å². The standard InChI is InChI=1S/C11H14O3/c1-4-13-11(12)14-10-6-8(2)5-9(3)7-10/h5-7H,4H2,1-3H3. The van der Waals surface area contributed by atoms with Crippen LogP contribution in [0.15, 0.2) is 18.2 Å². The molecule has 0 N–H and O–H groups in total. The molecule has 0 saturated carbocycles. The zero-order valence-corrected chi connectivity index (χ0v) is 8.66. The van der Waals surface area contributed by atoms with Gasteiger partial charge in [-0.3, -0.25) is 0 Å². The van der Waals surface area contributed by atoms with E-state index in [1.165, 1.54) is 0 Å². The first-order chi connectivity index (χ1) is 6.61. The Balaban J connectivity index is 2.71. The molecular weight excluding hydrogens is 180 g/mol. The van der Waals surface area contributed by atoms with Crippen molar-refractivity contribution in [2.24, 2.45) is 0 Å². The molecular formula is C11H14O3. The number of rotatable bonds is 2. The Kier molecular flexibility index (Phi) is 3.51. The topological polar surface area (TPSA) is 35.5 Å². The Morgan fingerprint density at radius 1 is 1.21 bits per heavy atom. The first-order valence-corrected chi connectivity index (χ1v) is 4.54. The Morgan fingerprint density at radius 3 is 2.29 bits per heavy atom. The fourth-order valence-electron chi connectivity index (χ4n) is 1.24. The summed E-state index contributed by atoms with van der Waals surface area (Å²) in [6, 6.07) is 5.60. The number of carbonyl (C=O) groups is 1. The number of ether oxygens (including phenoxy) is 2. The van der Waals surface area contributed by atoms with Gasteiger partial charge in [-0.1, -0.05) is 6.07 Å². The van der Waals surface area contributed by atoms with E-state index < -0.39 is 6.16 Å². The molecule has 1 rings (SSSR count). The van der Waals surface area contributed by atoms with Crippen molar-refractivity contribution in [3.63, 3.8) is 0 Å². The summed E-state index contributed by atoms with van der Waals surface area (Å²) in [6.07, 6.45) is -0.655. The van der Waals surface area contributed by atoms with Gasteiger partial charge in [-0.15, -0.1) is 0 Å². The van der Waals surface area contributed by atoms with Crippen LogP contribution in [-0.2, 0) is 4.74 Å². The molecule has 3 nitrogen and oxygen atoms in total. The first-order valence-electron chi connectivity index (χ1n) is 4.54. The summed E-state index contributed by atoms with van der Waals surface area (Å²) in [6.45, 7) is 5.96. The van der Waals surface area contributed by atoms with Crippen molar-refractivity contribution >= 4 is 6.16 Å². The van der Waals surface area contributed by atoms with Crippen molar-refractivity contribution in [3.8, 4) is 5.75 Å². The third-order valence-corrected chi connectivity index (χ3v) is 1.66. The summed E-state index contributed by atoms with van der Waals surface area (Å²) in [7, 11) is 0. The van der Waals surface area contributed by atoms with Crippen molar-refractivity contribution in [1.29, 1.82) is 0 Å². The van der Waals surface area contributed by atoms with Crippen LogP contribution in [0.3, 0.4) is 0 Å². The zero-order valence-electron chi connectivity index (χ0n) is 8.66. The van der Waals surface area contributed by atoms with Gasteiger partial charge in [0.25, 0.3) is 0 Å². The Hall–Kier alpha value is -1.51. The average molecular weight is 194 g/mol. The minimum Gasteiger partial charge on any atom is -0.434 e. The predicted octanol–water partition coefficient (Wildman–Crippen LogP) is 2.84. The molecule has 76 valence electrons. The number of aryl methyl sites for hydroxylation is 2. The second-order valence-corrected chi connectivity index (χ2v) is 3.11. The molecule has 0 aliphatic rings. The van der Waals surface area contributed by atoms with Gasteiger partial charge in [0.05, 0.1) is 6.61 Å². The van der Waals surface area contributed by atoms with Crippen LogP contribution in [0, 0.1) is 13.8 Å². The van der Waals surface area contributed by atoms with Crippen molar-refractivity contribution in [2.45, 2.75) is 20.8 Å². The molecule has 0 aliphatic carbocycles. The molecule has 0 aliphatic heterocycles. The molecule has 3 heteroatoms. The lowest BCUT2D eigenvalue weighted by Crippen LogP contribution is -2.10. The number of hydrogen-bond acceptors (Lipinski definition) is 3. The van der Waals surface area contributed by atoms with Crippen molar-refractivity contribution < 1.29 is 14.3 Å². The molecule has 1 aromatic rings. The van der Waals surface area contributed by atoms with Crippen LogP contribution < -0.4 is 4.74 Å². The maximum absolute atomic E-state index is 11.0. The van der Waals surface area contributed by atoms with Gasteiger partial charge in [-0.05, 0) is 44.0 Å². The van der Waals surface area contributed by atoms with E-state index in [1.807, 2.05) is 19.9 Å². The maximum Gasteiger partial charge on any atom is 0.513 e. The molecule has 0 spiro atoms. The molecule has 0 radical (unpaired) electrons. The largest absolute Gasteiger partial charge is 0.513 e. The van der Waals surface area contributed by atoms with Crippen LogP contribution in [-0.4, -0.2) is 12.8 Å². The third kappa shape index (κ3) is 3.09. The van der Waals surface area contributed by atoms with Crippen LogP contribution >= 0.6 is 0 Å². The zero-order chi connectivity index (χ0) is 10.6. The first kappa shape index (κ1) is 10.6. The van der Waals surface area contributed by atoms with Crippen LogP contribution in [0.5, 0.6) is 5.75 Å². The Morgan fingerprint density at radius 2 is 1.79 bits per heavy atom. The van der Waals surface area contributed by atoms with E-state index >= 15 is 0 Å².